The van der Waals surface area contributed by atoms with Crippen LogP contribution in [0.25, 0.3) is 0 Å². The molecule has 0 fully saturated rings. The molecule has 2 rings (SSSR count). The topological polar surface area (TPSA) is 83.5 Å². The molecule has 0 saturated carbocycles. The van der Waals surface area contributed by atoms with Crippen molar-refractivity contribution in [3.63, 3.8) is 0 Å². The van der Waals surface area contributed by atoms with Gasteiger partial charge in [-0.25, -0.2) is 22.0 Å². The van der Waals surface area contributed by atoms with E-state index in [9.17, 15) is 27.1 Å². The second-order valence-corrected chi connectivity index (χ2v) is 6.70. The summed E-state index contributed by atoms with van der Waals surface area (Å²) in [7, 11) is -4.19. The number of aryl methyl sites for hydroxylation is 1. The van der Waals surface area contributed by atoms with Gasteiger partial charge in [0, 0.05) is 5.56 Å². The molecule has 0 saturated heterocycles. The lowest BCUT2D eigenvalue weighted by Gasteiger charge is -2.12. The van der Waals surface area contributed by atoms with Gasteiger partial charge in [0.05, 0.1) is 16.1 Å². The molecular weight excluding hydrogens is 340 g/mol. The first-order chi connectivity index (χ1) is 11.2. The van der Waals surface area contributed by atoms with Crippen LogP contribution in [0.1, 0.15) is 34.8 Å². The molecule has 128 valence electrons. The maximum absolute atomic E-state index is 12.7. The van der Waals surface area contributed by atoms with E-state index in [1.165, 1.54) is 18.2 Å². The third kappa shape index (κ3) is 3.88. The Morgan fingerprint density at radius 1 is 1.21 bits per heavy atom. The van der Waals surface area contributed by atoms with Gasteiger partial charge >= 0.3 is 5.97 Å². The number of sulfonamides is 1. The van der Waals surface area contributed by atoms with Gasteiger partial charge < -0.3 is 5.11 Å². The predicted octanol–water partition coefficient (Wildman–Crippen LogP) is 3.69. The first kappa shape index (κ1) is 17.9. The van der Waals surface area contributed by atoms with E-state index in [1.54, 1.807) is 6.07 Å². The highest BCUT2D eigenvalue weighted by Crippen LogP contribution is 2.25. The molecule has 0 atom stereocenters. The zero-order valence-corrected chi connectivity index (χ0v) is 13.5. The highest BCUT2D eigenvalue weighted by molar-refractivity contribution is 7.92. The van der Waals surface area contributed by atoms with Gasteiger partial charge in [-0.1, -0.05) is 25.1 Å². The number of carboxylic acid groups (broad SMARTS) is 1. The first-order valence-corrected chi connectivity index (χ1v) is 8.50. The molecule has 0 amide bonds. The van der Waals surface area contributed by atoms with Crippen LogP contribution in [0.5, 0.6) is 0 Å². The molecule has 0 aromatic heterocycles. The number of aromatic carboxylic acids is 1. The van der Waals surface area contributed by atoms with Crippen LogP contribution in [-0.2, 0) is 16.4 Å². The first-order valence-electron chi connectivity index (χ1n) is 7.01. The molecule has 2 aromatic rings. The lowest BCUT2D eigenvalue weighted by molar-refractivity contribution is 0.0698. The van der Waals surface area contributed by atoms with Crippen LogP contribution < -0.4 is 4.72 Å². The fourth-order valence-corrected chi connectivity index (χ4v) is 3.23. The summed E-state index contributed by atoms with van der Waals surface area (Å²) in [5.74, 6) is -1.29. The predicted molar refractivity (Wildman–Crippen MR) is 85.0 cm³/mol. The van der Waals surface area contributed by atoms with Gasteiger partial charge in [0.15, 0.2) is 0 Å². The third-order valence-electron chi connectivity index (χ3n) is 3.39. The van der Waals surface area contributed by atoms with Crippen molar-refractivity contribution >= 4 is 21.7 Å². The summed E-state index contributed by atoms with van der Waals surface area (Å²) in [4.78, 5) is 11.0. The second-order valence-electron chi connectivity index (χ2n) is 5.02. The number of alkyl halides is 2. The van der Waals surface area contributed by atoms with Crippen LogP contribution >= 0.6 is 0 Å². The van der Waals surface area contributed by atoms with E-state index in [4.69, 9.17) is 0 Å². The molecule has 0 heterocycles. The summed E-state index contributed by atoms with van der Waals surface area (Å²) in [6.45, 7) is 1.83. The minimum Gasteiger partial charge on any atom is -0.478 e. The van der Waals surface area contributed by atoms with Crippen molar-refractivity contribution in [1.82, 2.24) is 0 Å². The van der Waals surface area contributed by atoms with Gasteiger partial charge in [-0.05, 0) is 36.2 Å². The number of nitrogens with one attached hydrogen (secondary N) is 1. The van der Waals surface area contributed by atoms with Crippen molar-refractivity contribution < 1.29 is 27.1 Å². The van der Waals surface area contributed by atoms with Gasteiger partial charge in [-0.3, -0.25) is 4.72 Å². The zero-order valence-electron chi connectivity index (χ0n) is 12.7. The molecule has 2 aromatic carbocycles. The highest BCUT2D eigenvalue weighted by Gasteiger charge is 2.20. The highest BCUT2D eigenvalue weighted by atomic mass is 32.2. The fraction of sp³-hybridized carbons (Fsp3) is 0.188. The zero-order chi connectivity index (χ0) is 17.9. The summed E-state index contributed by atoms with van der Waals surface area (Å²) in [5, 5.41) is 9.24. The average molecular weight is 355 g/mol. The summed E-state index contributed by atoms with van der Waals surface area (Å²) in [6, 6.07) is 8.64. The van der Waals surface area contributed by atoms with E-state index in [2.05, 4.69) is 4.72 Å². The van der Waals surface area contributed by atoms with Gasteiger partial charge in [-0.15, -0.1) is 0 Å². The molecule has 2 N–H and O–H groups in total. The normalized spacial score (nSPS) is 11.5. The van der Waals surface area contributed by atoms with Gasteiger partial charge in [-0.2, -0.15) is 0 Å². The Morgan fingerprint density at radius 3 is 2.50 bits per heavy atom. The maximum atomic E-state index is 12.7. The molecule has 0 radical (unpaired) electrons. The Labute approximate surface area is 138 Å². The van der Waals surface area contributed by atoms with Crippen molar-refractivity contribution in [3.8, 4) is 0 Å². The standard InChI is InChI=1S/C16H15F2NO4S/c1-2-10-6-7-14(13(8-10)16(20)21)19-24(22,23)12-5-3-4-11(9-12)15(17)18/h3-9,15,19H,2H2,1H3,(H,20,21). The summed E-state index contributed by atoms with van der Waals surface area (Å²) in [5.41, 5.74) is -0.0298. The summed E-state index contributed by atoms with van der Waals surface area (Å²) < 4.78 is 52.3. The lowest BCUT2D eigenvalue weighted by atomic mass is 10.1. The SMILES string of the molecule is CCc1ccc(NS(=O)(=O)c2cccc(C(F)F)c2)c(C(=O)O)c1. The monoisotopic (exact) mass is 355 g/mol. The Bertz CT molecular complexity index is 866. The van der Waals surface area contributed by atoms with Crippen LogP contribution in [0.3, 0.4) is 0 Å². The molecule has 0 aliphatic carbocycles. The summed E-state index contributed by atoms with van der Waals surface area (Å²) >= 11 is 0. The van der Waals surface area contributed by atoms with E-state index in [0.717, 1.165) is 23.8 Å². The molecule has 0 bridgehead atoms. The average Bonchev–Trinajstić information content (AvgIpc) is 2.54. The second kappa shape index (κ2) is 6.96. The largest absolute Gasteiger partial charge is 0.478 e. The number of hydrogen-bond acceptors (Lipinski definition) is 3. The quantitative estimate of drug-likeness (QED) is 0.828. The maximum Gasteiger partial charge on any atom is 0.337 e. The third-order valence-corrected chi connectivity index (χ3v) is 4.75. The molecule has 0 spiro atoms. The Balaban J connectivity index is 2.43. The van der Waals surface area contributed by atoms with Crippen LogP contribution in [0.4, 0.5) is 14.5 Å². The summed E-state index contributed by atoms with van der Waals surface area (Å²) in [6.07, 6.45) is -2.22. The van der Waals surface area contributed by atoms with Crippen molar-refractivity contribution in [2.45, 2.75) is 24.7 Å². The van der Waals surface area contributed by atoms with E-state index >= 15 is 0 Å². The number of benzene rings is 2. The number of anilines is 1. The minimum atomic E-state index is -4.19. The minimum absolute atomic E-state index is 0.123. The van der Waals surface area contributed by atoms with Crippen LogP contribution in [-0.4, -0.2) is 19.5 Å². The van der Waals surface area contributed by atoms with E-state index < -0.39 is 28.0 Å². The number of carboxylic acids is 1. The molecule has 0 unspecified atom stereocenters. The van der Waals surface area contributed by atoms with Gasteiger partial charge in [0.25, 0.3) is 16.4 Å². The molecule has 0 aliphatic rings. The van der Waals surface area contributed by atoms with Crippen molar-refractivity contribution in [3.05, 3.63) is 59.2 Å². The molecule has 0 aliphatic heterocycles. The molecule has 24 heavy (non-hydrogen) atoms. The number of hydrogen-bond donors (Lipinski definition) is 2. The number of rotatable bonds is 6. The van der Waals surface area contributed by atoms with Crippen molar-refractivity contribution in [1.29, 1.82) is 0 Å². The Hall–Kier alpha value is -2.48. The molecule has 5 nitrogen and oxygen atoms in total. The van der Waals surface area contributed by atoms with Crippen LogP contribution in [0.15, 0.2) is 47.4 Å². The van der Waals surface area contributed by atoms with E-state index in [0.29, 0.717) is 6.42 Å². The van der Waals surface area contributed by atoms with Crippen LogP contribution in [0.2, 0.25) is 0 Å². The Morgan fingerprint density at radius 2 is 1.92 bits per heavy atom. The number of halogens is 2. The fourth-order valence-electron chi connectivity index (χ4n) is 2.10. The van der Waals surface area contributed by atoms with E-state index in [1.807, 2.05) is 6.92 Å². The van der Waals surface area contributed by atoms with Crippen molar-refractivity contribution in [2.75, 3.05) is 4.72 Å². The van der Waals surface area contributed by atoms with Crippen molar-refractivity contribution in [2.24, 2.45) is 0 Å². The van der Waals surface area contributed by atoms with E-state index in [-0.39, 0.29) is 16.1 Å². The smallest absolute Gasteiger partial charge is 0.337 e. The molecule has 8 heteroatoms. The Kier molecular flexibility index (Phi) is 5.18. The van der Waals surface area contributed by atoms with Gasteiger partial charge in [0.1, 0.15) is 0 Å². The molecular formula is C16H15F2NO4S. The van der Waals surface area contributed by atoms with Gasteiger partial charge in [0.2, 0.25) is 0 Å². The van der Waals surface area contributed by atoms with Crippen LogP contribution in [0, 0.1) is 0 Å². The number of carbonyl (C=O) groups is 1. The lowest BCUT2D eigenvalue weighted by Crippen LogP contribution is -2.16.